The van der Waals surface area contributed by atoms with E-state index >= 15 is 0 Å². The highest BCUT2D eigenvalue weighted by molar-refractivity contribution is 5.80. The predicted octanol–water partition coefficient (Wildman–Crippen LogP) is 1.92. The van der Waals surface area contributed by atoms with Crippen molar-refractivity contribution in [3.05, 3.63) is 0 Å². The molecule has 0 saturated carbocycles. The van der Waals surface area contributed by atoms with E-state index in [1.54, 1.807) is 0 Å². The van der Waals surface area contributed by atoms with Crippen LogP contribution in [-0.4, -0.2) is 54.3 Å². The van der Waals surface area contributed by atoms with Crippen molar-refractivity contribution in [2.75, 3.05) is 32.7 Å². The third-order valence-electron chi connectivity index (χ3n) is 4.26. The van der Waals surface area contributed by atoms with Crippen LogP contribution in [0.5, 0.6) is 0 Å². The zero-order valence-corrected chi connectivity index (χ0v) is 11.2. The lowest BCUT2D eigenvalue weighted by atomic mass is 10.00. The summed E-state index contributed by atoms with van der Waals surface area (Å²) in [4.78, 5) is 16.4. The van der Waals surface area contributed by atoms with Crippen molar-refractivity contribution < 1.29 is 4.79 Å². The van der Waals surface area contributed by atoms with Gasteiger partial charge in [0.15, 0.2) is 0 Å². The molecule has 0 spiro atoms. The van der Waals surface area contributed by atoms with Crippen LogP contribution in [0.3, 0.4) is 0 Å². The highest BCUT2D eigenvalue weighted by Crippen LogP contribution is 2.20. The van der Waals surface area contributed by atoms with E-state index in [1.165, 1.54) is 45.2 Å². The van der Waals surface area contributed by atoms with Crippen LogP contribution in [0.25, 0.3) is 0 Å². The Morgan fingerprint density at radius 1 is 1.06 bits per heavy atom. The van der Waals surface area contributed by atoms with Gasteiger partial charge in [0.05, 0.1) is 6.54 Å². The van der Waals surface area contributed by atoms with Crippen molar-refractivity contribution >= 4 is 5.78 Å². The van der Waals surface area contributed by atoms with Crippen molar-refractivity contribution in [3.8, 4) is 0 Å². The van der Waals surface area contributed by atoms with Gasteiger partial charge >= 0.3 is 0 Å². The number of Topliss-reactive ketones (excluding diaryl/α,β-unsaturated/α-hetero) is 1. The molecule has 0 radical (unpaired) electrons. The predicted molar refractivity (Wildman–Crippen MR) is 70.2 cm³/mol. The Labute approximate surface area is 105 Å². The van der Waals surface area contributed by atoms with E-state index in [-0.39, 0.29) is 0 Å². The van der Waals surface area contributed by atoms with Gasteiger partial charge in [0, 0.05) is 25.6 Å². The highest BCUT2D eigenvalue weighted by atomic mass is 16.1. The zero-order chi connectivity index (χ0) is 12.1. The van der Waals surface area contributed by atoms with Gasteiger partial charge in [-0.25, -0.2) is 0 Å². The van der Waals surface area contributed by atoms with Gasteiger partial charge in [-0.2, -0.15) is 0 Å². The lowest BCUT2D eigenvalue weighted by molar-refractivity contribution is -0.120. The maximum Gasteiger partial charge on any atom is 0.146 e. The standard InChI is InChI=1S/C14H26N2O/c1-2-14(17)12-15-10-6-13(7-11-15)16-8-4-3-5-9-16/h13H,2-12H2,1H3. The molecule has 3 nitrogen and oxygen atoms in total. The Kier molecular flexibility index (Phi) is 4.99. The number of nitrogens with zero attached hydrogens (tertiary/aromatic N) is 2. The molecule has 98 valence electrons. The second kappa shape index (κ2) is 6.50. The first-order valence-electron chi connectivity index (χ1n) is 7.27. The number of piperidine rings is 2. The van der Waals surface area contributed by atoms with Gasteiger partial charge in [0.2, 0.25) is 0 Å². The van der Waals surface area contributed by atoms with Gasteiger partial charge < -0.3 is 4.90 Å². The average molecular weight is 238 g/mol. The van der Waals surface area contributed by atoms with E-state index < -0.39 is 0 Å². The lowest BCUT2D eigenvalue weighted by Gasteiger charge is -2.40. The Balaban J connectivity index is 1.71. The fourth-order valence-electron chi connectivity index (χ4n) is 3.09. The van der Waals surface area contributed by atoms with Crippen LogP contribution in [0.4, 0.5) is 0 Å². The molecule has 17 heavy (non-hydrogen) atoms. The maximum absolute atomic E-state index is 11.4. The fourth-order valence-corrected chi connectivity index (χ4v) is 3.09. The van der Waals surface area contributed by atoms with Crippen LogP contribution < -0.4 is 0 Å². The molecule has 2 saturated heterocycles. The smallest absolute Gasteiger partial charge is 0.146 e. The molecule has 0 aromatic carbocycles. The van der Waals surface area contributed by atoms with Gasteiger partial charge in [-0.15, -0.1) is 0 Å². The molecule has 2 aliphatic rings. The van der Waals surface area contributed by atoms with Crippen molar-refractivity contribution in [3.63, 3.8) is 0 Å². The summed E-state index contributed by atoms with van der Waals surface area (Å²) in [5, 5.41) is 0. The third kappa shape index (κ3) is 3.78. The molecular weight excluding hydrogens is 212 g/mol. The molecule has 2 rings (SSSR count). The number of hydrogen-bond acceptors (Lipinski definition) is 3. The minimum absolute atomic E-state index is 0.390. The van der Waals surface area contributed by atoms with Crippen molar-refractivity contribution in [1.82, 2.24) is 9.80 Å². The molecule has 0 amide bonds. The Bertz CT molecular complexity index is 241. The first-order valence-corrected chi connectivity index (χ1v) is 7.27. The fraction of sp³-hybridized carbons (Fsp3) is 0.929. The second-order valence-corrected chi connectivity index (χ2v) is 5.50. The first-order chi connectivity index (χ1) is 8.29. The molecular formula is C14H26N2O. The lowest BCUT2D eigenvalue weighted by Crippen LogP contribution is -2.47. The summed E-state index contributed by atoms with van der Waals surface area (Å²) in [5.74, 6) is 0.390. The van der Waals surface area contributed by atoms with E-state index in [9.17, 15) is 4.79 Å². The molecule has 0 unspecified atom stereocenters. The van der Waals surface area contributed by atoms with E-state index in [1.807, 2.05) is 6.92 Å². The zero-order valence-electron chi connectivity index (χ0n) is 11.2. The van der Waals surface area contributed by atoms with Crippen LogP contribution in [0.15, 0.2) is 0 Å². The Morgan fingerprint density at radius 3 is 2.29 bits per heavy atom. The summed E-state index contributed by atoms with van der Waals surface area (Å²) in [6, 6.07) is 0.795. The number of carbonyl (C=O) groups is 1. The quantitative estimate of drug-likeness (QED) is 0.747. The van der Waals surface area contributed by atoms with E-state index in [4.69, 9.17) is 0 Å². The normalized spacial score (nSPS) is 25.0. The largest absolute Gasteiger partial charge is 0.300 e. The van der Waals surface area contributed by atoms with Crippen LogP contribution in [0.2, 0.25) is 0 Å². The summed E-state index contributed by atoms with van der Waals surface area (Å²) in [6.07, 6.45) is 7.39. The van der Waals surface area contributed by atoms with E-state index in [0.29, 0.717) is 18.7 Å². The Hall–Kier alpha value is -0.410. The van der Waals surface area contributed by atoms with Gasteiger partial charge in [-0.3, -0.25) is 9.69 Å². The SMILES string of the molecule is CCC(=O)CN1CCC(N2CCCCC2)CC1. The molecule has 3 heteroatoms. The number of carbonyl (C=O) groups excluding carboxylic acids is 1. The maximum atomic E-state index is 11.4. The second-order valence-electron chi connectivity index (χ2n) is 5.50. The summed E-state index contributed by atoms with van der Waals surface area (Å²) in [6.45, 7) is 7.49. The topological polar surface area (TPSA) is 23.6 Å². The van der Waals surface area contributed by atoms with Crippen molar-refractivity contribution in [1.29, 1.82) is 0 Å². The van der Waals surface area contributed by atoms with Gasteiger partial charge in [0.1, 0.15) is 5.78 Å². The van der Waals surface area contributed by atoms with Crippen molar-refractivity contribution in [2.24, 2.45) is 0 Å². The third-order valence-corrected chi connectivity index (χ3v) is 4.26. The summed E-state index contributed by atoms with van der Waals surface area (Å²) < 4.78 is 0. The molecule has 0 aliphatic carbocycles. The summed E-state index contributed by atoms with van der Waals surface area (Å²) >= 11 is 0. The number of ketones is 1. The van der Waals surface area contributed by atoms with Crippen molar-refractivity contribution in [2.45, 2.75) is 51.5 Å². The Morgan fingerprint density at radius 2 is 1.71 bits per heavy atom. The minimum Gasteiger partial charge on any atom is -0.300 e. The van der Waals surface area contributed by atoms with Crippen LogP contribution in [-0.2, 0) is 4.79 Å². The van der Waals surface area contributed by atoms with Crippen LogP contribution in [0.1, 0.15) is 45.4 Å². The molecule has 0 bridgehead atoms. The molecule has 2 aliphatic heterocycles. The molecule has 0 aromatic heterocycles. The summed E-state index contributed by atoms with van der Waals surface area (Å²) in [7, 11) is 0. The first kappa shape index (κ1) is 13.0. The highest BCUT2D eigenvalue weighted by Gasteiger charge is 2.25. The van der Waals surface area contributed by atoms with E-state index in [0.717, 1.165) is 19.1 Å². The molecule has 0 aromatic rings. The summed E-state index contributed by atoms with van der Waals surface area (Å²) in [5.41, 5.74) is 0. The van der Waals surface area contributed by atoms with Crippen LogP contribution >= 0.6 is 0 Å². The number of hydrogen-bond donors (Lipinski definition) is 0. The van der Waals surface area contributed by atoms with Gasteiger partial charge in [-0.05, 0) is 38.8 Å². The molecule has 2 heterocycles. The molecule has 2 fully saturated rings. The van der Waals surface area contributed by atoms with E-state index in [2.05, 4.69) is 9.80 Å². The van der Waals surface area contributed by atoms with Crippen LogP contribution in [0, 0.1) is 0 Å². The molecule has 0 atom stereocenters. The average Bonchev–Trinajstić information content (AvgIpc) is 2.40. The molecule has 0 N–H and O–H groups in total. The monoisotopic (exact) mass is 238 g/mol. The number of likely N-dealkylation sites (tertiary alicyclic amines) is 2. The minimum atomic E-state index is 0.390. The number of rotatable bonds is 4. The van der Waals surface area contributed by atoms with Gasteiger partial charge in [0.25, 0.3) is 0 Å². The van der Waals surface area contributed by atoms with Gasteiger partial charge in [-0.1, -0.05) is 13.3 Å².